The van der Waals surface area contributed by atoms with E-state index in [0.29, 0.717) is 13.1 Å². The summed E-state index contributed by atoms with van der Waals surface area (Å²) in [4.78, 5) is 18.8. The van der Waals surface area contributed by atoms with Crippen LogP contribution in [-0.4, -0.2) is 57.2 Å². The van der Waals surface area contributed by atoms with Gasteiger partial charge >= 0.3 is 5.97 Å². The molecule has 1 saturated heterocycles. The maximum absolute atomic E-state index is 11.9. The summed E-state index contributed by atoms with van der Waals surface area (Å²) in [5, 5.41) is 3.32. The first-order valence-corrected chi connectivity index (χ1v) is 8.79. The quantitative estimate of drug-likeness (QED) is 0.297. The first-order chi connectivity index (χ1) is 12.1. The maximum atomic E-state index is 11.9. The van der Waals surface area contributed by atoms with E-state index >= 15 is 0 Å². The van der Waals surface area contributed by atoms with Gasteiger partial charge in [-0.05, 0) is 18.4 Å². The van der Waals surface area contributed by atoms with Crippen LogP contribution < -0.4 is 5.32 Å². The number of ether oxygens (including phenoxy) is 2. The van der Waals surface area contributed by atoms with Crippen molar-refractivity contribution in [2.24, 2.45) is 16.8 Å². The van der Waals surface area contributed by atoms with E-state index in [1.165, 1.54) is 7.11 Å². The Balaban J connectivity index is 0.00000338. The van der Waals surface area contributed by atoms with E-state index in [9.17, 15) is 4.79 Å². The SMILES string of the molecule is CCNC(=NCC(OC)c1ccccc1)N1CC(C)C(C(=O)OC)C1.I. The van der Waals surface area contributed by atoms with Gasteiger partial charge in [-0.3, -0.25) is 9.79 Å². The molecule has 146 valence electrons. The number of aliphatic imine (C=N–C) groups is 1. The number of benzene rings is 1. The lowest BCUT2D eigenvalue weighted by molar-refractivity contribution is -0.145. The molecule has 0 saturated carbocycles. The Morgan fingerprint density at radius 3 is 2.58 bits per heavy atom. The zero-order valence-electron chi connectivity index (χ0n) is 16.0. The van der Waals surface area contributed by atoms with Gasteiger partial charge in [-0.1, -0.05) is 37.3 Å². The number of esters is 1. The summed E-state index contributed by atoms with van der Waals surface area (Å²) < 4.78 is 10.5. The number of methoxy groups -OCH3 is 2. The van der Waals surface area contributed by atoms with Gasteiger partial charge in [0.05, 0.1) is 19.6 Å². The van der Waals surface area contributed by atoms with Crippen LogP contribution in [0.2, 0.25) is 0 Å². The number of carbonyl (C=O) groups excluding carboxylic acids is 1. The molecule has 0 amide bonds. The minimum atomic E-state index is -0.148. The van der Waals surface area contributed by atoms with Crippen LogP contribution in [0.4, 0.5) is 0 Å². The van der Waals surface area contributed by atoms with Gasteiger partial charge in [-0.25, -0.2) is 0 Å². The largest absolute Gasteiger partial charge is 0.469 e. The standard InChI is InChI=1S/C19H29N3O3.HI/c1-5-20-19(22-12-14(2)16(13-22)18(23)25-4)21-11-17(24-3)15-9-7-6-8-10-15;/h6-10,14,16-17H,5,11-13H2,1-4H3,(H,20,21);1H. The number of nitrogens with one attached hydrogen (secondary N) is 1. The second-order valence-electron chi connectivity index (χ2n) is 6.34. The molecule has 0 spiro atoms. The minimum absolute atomic E-state index is 0. The number of guanidine groups is 1. The molecule has 1 aliphatic heterocycles. The number of rotatable bonds is 6. The van der Waals surface area contributed by atoms with E-state index in [1.807, 2.05) is 37.3 Å². The molecule has 0 aliphatic carbocycles. The van der Waals surface area contributed by atoms with Crippen molar-refractivity contribution in [3.63, 3.8) is 0 Å². The van der Waals surface area contributed by atoms with Gasteiger partial charge in [0.25, 0.3) is 0 Å². The molecule has 1 aromatic carbocycles. The molecule has 1 heterocycles. The predicted octanol–water partition coefficient (Wildman–Crippen LogP) is 2.70. The summed E-state index contributed by atoms with van der Waals surface area (Å²) in [7, 11) is 3.14. The lowest BCUT2D eigenvalue weighted by atomic mass is 9.99. The fourth-order valence-corrected chi connectivity index (χ4v) is 3.18. The molecule has 3 unspecified atom stereocenters. The Bertz CT molecular complexity index is 583. The zero-order valence-corrected chi connectivity index (χ0v) is 18.3. The van der Waals surface area contributed by atoms with Crippen LogP contribution in [0.3, 0.4) is 0 Å². The van der Waals surface area contributed by atoms with Gasteiger partial charge in [-0.2, -0.15) is 0 Å². The molecule has 2 rings (SSSR count). The smallest absolute Gasteiger partial charge is 0.310 e. The average Bonchev–Trinajstić information content (AvgIpc) is 3.03. The van der Waals surface area contributed by atoms with Crippen molar-refractivity contribution >= 4 is 35.9 Å². The second kappa shape index (κ2) is 11.4. The summed E-state index contributed by atoms with van der Waals surface area (Å²) >= 11 is 0. The van der Waals surface area contributed by atoms with E-state index in [-0.39, 0.29) is 47.9 Å². The Morgan fingerprint density at radius 1 is 1.31 bits per heavy atom. The van der Waals surface area contributed by atoms with Crippen molar-refractivity contribution in [2.45, 2.75) is 20.0 Å². The zero-order chi connectivity index (χ0) is 18.2. The first kappa shape index (κ1) is 22.7. The molecule has 6 nitrogen and oxygen atoms in total. The fourth-order valence-electron chi connectivity index (χ4n) is 3.18. The monoisotopic (exact) mass is 475 g/mol. The van der Waals surface area contributed by atoms with Crippen LogP contribution in [0.25, 0.3) is 0 Å². The highest BCUT2D eigenvalue weighted by molar-refractivity contribution is 14.0. The van der Waals surface area contributed by atoms with Crippen LogP contribution in [0, 0.1) is 11.8 Å². The van der Waals surface area contributed by atoms with Gasteiger partial charge in [0, 0.05) is 26.7 Å². The van der Waals surface area contributed by atoms with E-state index < -0.39 is 0 Å². The Kier molecular flexibility index (Phi) is 9.93. The molecule has 26 heavy (non-hydrogen) atoms. The predicted molar refractivity (Wildman–Crippen MR) is 114 cm³/mol. The van der Waals surface area contributed by atoms with Crippen molar-refractivity contribution in [1.82, 2.24) is 10.2 Å². The van der Waals surface area contributed by atoms with Gasteiger partial charge in [0.1, 0.15) is 6.10 Å². The fraction of sp³-hybridized carbons (Fsp3) is 0.579. The molecule has 0 bridgehead atoms. The van der Waals surface area contributed by atoms with E-state index in [1.54, 1.807) is 7.11 Å². The van der Waals surface area contributed by atoms with Crippen LogP contribution in [-0.2, 0) is 14.3 Å². The van der Waals surface area contributed by atoms with Crippen LogP contribution in [0.5, 0.6) is 0 Å². The summed E-state index contributed by atoms with van der Waals surface area (Å²) in [6.45, 7) is 6.83. The van der Waals surface area contributed by atoms with Crippen molar-refractivity contribution in [1.29, 1.82) is 0 Å². The molecule has 3 atom stereocenters. The normalized spacial score (nSPS) is 21.1. The Labute approximate surface area is 173 Å². The molecule has 7 heteroatoms. The van der Waals surface area contributed by atoms with Crippen molar-refractivity contribution < 1.29 is 14.3 Å². The molecule has 1 aliphatic rings. The molecule has 1 fully saturated rings. The van der Waals surface area contributed by atoms with Crippen LogP contribution in [0.1, 0.15) is 25.5 Å². The molecular formula is C19H30IN3O3. The lowest BCUT2D eigenvalue weighted by Crippen LogP contribution is -2.41. The number of nitrogens with zero attached hydrogens (tertiary/aromatic N) is 2. The summed E-state index contributed by atoms with van der Waals surface area (Å²) in [5.41, 5.74) is 1.10. The van der Waals surface area contributed by atoms with Crippen LogP contribution in [0.15, 0.2) is 35.3 Å². The topological polar surface area (TPSA) is 63.2 Å². The lowest BCUT2D eigenvalue weighted by Gasteiger charge is -2.22. The second-order valence-corrected chi connectivity index (χ2v) is 6.34. The Morgan fingerprint density at radius 2 is 2.00 bits per heavy atom. The number of hydrogen-bond acceptors (Lipinski definition) is 4. The van der Waals surface area contributed by atoms with Gasteiger partial charge in [-0.15, -0.1) is 24.0 Å². The third-order valence-corrected chi connectivity index (χ3v) is 4.61. The highest BCUT2D eigenvalue weighted by Crippen LogP contribution is 2.24. The Hall–Kier alpha value is -1.35. The summed E-state index contributed by atoms with van der Waals surface area (Å²) in [5.74, 6) is 0.800. The third kappa shape index (κ3) is 5.84. The number of halogens is 1. The first-order valence-electron chi connectivity index (χ1n) is 8.79. The van der Waals surface area contributed by atoms with Crippen LogP contribution >= 0.6 is 24.0 Å². The molecular weight excluding hydrogens is 445 g/mol. The summed E-state index contributed by atoms with van der Waals surface area (Å²) in [6.07, 6.45) is -0.0914. The van der Waals surface area contributed by atoms with E-state index in [2.05, 4.69) is 17.1 Å². The van der Waals surface area contributed by atoms with E-state index in [4.69, 9.17) is 14.5 Å². The average molecular weight is 475 g/mol. The third-order valence-electron chi connectivity index (χ3n) is 4.61. The number of carbonyl (C=O) groups is 1. The van der Waals surface area contributed by atoms with E-state index in [0.717, 1.165) is 24.6 Å². The highest BCUT2D eigenvalue weighted by Gasteiger charge is 2.36. The molecule has 1 aromatic rings. The minimum Gasteiger partial charge on any atom is -0.469 e. The highest BCUT2D eigenvalue weighted by atomic mass is 127. The van der Waals surface area contributed by atoms with Crippen molar-refractivity contribution in [2.75, 3.05) is 40.4 Å². The number of likely N-dealkylation sites (tertiary alicyclic amines) is 1. The van der Waals surface area contributed by atoms with Gasteiger partial charge in [0.15, 0.2) is 5.96 Å². The van der Waals surface area contributed by atoms with Gasteiger partial charge < -0.3 is 19.7 Å². The summed E-state index contributed by atoms with van der Waals surface area (Å²) in [6, 6.07) is 10.1. The number of hydrogen-bond donors (Lipinski definition) is 1. The molecule has 1 N–H and O–H groups in total. The van der Waals surface area contributed by atoms with Gasteiger partial charge in [0.2, 0.25) is 0 Å². The maximum Gasteiger partial charge on any atom is 0.310 e. The molecule has 0 aromatic heterocycles. The van der Waals surface area contributed by atoms with Crippen molar-refractivity contribution in [3.8, 4) is 0 Å². The van der Waals surface area contributed by atoms with Crippen molar-refractivity contribution in [3.05, 3.63) is 35.9 Å². The molecule has 0 radical (unpaired) electrons.